The molecule has 20 heavy (non-hydrogen) atoms. The molecule has 0 aromatic heterocycles. The van der Waals surface area contributed by atoms with Crippen molar-refractivity contribution in [2.24, 2.45) is 0 Å². The van der Waals surface area contributed by atoms with Crippen molar-refractivity contribution < 1.29 is 19.2 Å². The van der Waals surface area contributed by atoms with Crippen LogP contribution in [0.1, 0.15) is 12.8 Å². The lowest BCUT2D eigenvalue weighted by molar-refractivity contribution is -0.384. The Morgan fingerprint density at radius 3 is 2.80 bits per heavy atom. The van der Waals surface area contributed by atoms with Crippen LogP contribution in [0.25, 0.3) is 0 Å². The van der Waals surface area contributed by atoms with Gasteiger partial charge in [0.15, 0.2) is 6.61 Å². The second-order valence-corrected chi connectivity index (χ2v) is 4.48. The van der Waals surface area contributed by atoms with E-state index in [1.165, 1.54) is 24.3 Å². The highest BCUT2D eigenvalue weighted by Gasteiger charge is 2.16. The van der Waals surface area contributed by atoms with E-state index in [0.29, 0.717) is 12.3 Å². The van der Waals surface area contributed by atoms with E-state index in [1.807, 2.05) is 0 Å². The largest absolute Gasteiger partial charge is 0.484 e. The molecular weight excluding hydrogens is 264 g/mol. The highest BCUT2D eigenvalue weighted by Crippen LogP contribution is 2.17. The first-order valence-corrected chi connectivity index (χ1v) is 6.41. The van der Waals surface area contributed by atoms with Gasteiger partial charge in [-0.25, -0.2) is 0 Å². The SMILES string of the molecule is O=C(COc1ccc([N+](=O)[O-])cc1)NC[C@H]1CCCO1. The molecule has 7 heteroatoms. The van der Waals surface area contributed by atoms with Crippen LogP contribution in [-0.4, -0.2) is 36.7 Å². The maximum Gasteiger partial charge on any atom is 0.269 e. The van der Waals surface area contributed by atoms with Gasteiger partial charge in [0.05, 0.1) is 11.0 Å². The van der Waals surface area contributed by atoms with Crippen molar-refractivity contribution in [3.05, 3.63) is 34.4 Å². The van der Waals surface area contributed by atoms with Gasteiger partial charge in [-0.3, -0.25) is 14.9 Å². The van der Waals surface area contributed by atoms with Crippen molar-refractivity contribution in [1.82, 2.24) is 5.32 Å². The number of nitro benzene ring substituents is 1. The quantitative estimate of drug-likeness (QED) is 0.626. The van der Waals surface area contributed by atoms with Crippen LogP contribution in [0.3, 0.4) is 0 Å². The van der Waals surface area contributed by atoms with Crippen LogP contribution >= 0.6 is 0 Å². The van der Waals surface area contributed by atoms with Crippen LogP contribution in [-0.2, 0) is 9.53 Å². The van der Waals surface area contributed by atoms with Gasteiger partial charge in [0.25, 0.3) is 11.6 Å². The van der Waals surface area contributed by atoms with Gasteiger partial charge in [0, 0.05) is 25.3 Å². The van der Waals surface area contributed by atoms with Gasteiger partial charge in [0.2, 0.25) is 0 Å². The molecule has 1 amide bonds. The number of nitro groups is 1. The molecule has 0 aliphatic carbocycles. The van der Waals surface area contributed by atoms with E-state index in [1.54, 1.807) is 0 Å². The zero-order valence-corrected chi connectivity index (χ0v) is 10.9. The number of nitrogens with one attached hydrogen (secondary N) is 1. The number of carbonyl (C=O) groups is 1. The van der Waals surface area contributed by atoms with Crippen molar-refractivity contribution in [2.75, 3.05) is 19.8 Å². The third-order valence-electron chi connectivity index (χ3n) is 2.97. The number of non-ortho nitro benzene ring substituents is 1. The minimum absolute atomic E-state index is 0.0137. The van der Waals surface area contributed by atoms with E-state index in [2.05, 4.69) is 5.32 Å². The lowest BCUT2D eigenvalue weighted by Gasteiger charge is -2.11. The van der Waals surface area contributed by atoms with E-state index in [4.69, 9.17) is 9.47 Å². The van der Waals surface area contributed by atoms with Crippen LogP contribution in [0, 0.1) is 10.1 Å². The molecule has 1 N–H and O–H groups in total. The van der Waals surface area contributed by atoms with Crippen LogP contribution < -0.4 is 10.1 Å². The molecule has 0 unspecified atom stereocenters. The summed E-state index contributed by atoms with van der Waals surface area (Å²) in [5, 5.41) is 13.2. The van der Waals surface area contributed by atoms with Gasteiger partial charge in [-0.05, 0) is 25.0 Å². The molecule has 1 saturated heterocycles. The summed E-state index contributed by atoms with van der Waals surface area (Å²) in [5.41, 5.74) is -0.0137. The normalized spacial score (nSPS) is 17.7. The number of ether oxygens (including phenoxy) is 2. The topological polar surface area (TPSA) is 90.7 Å². The Kier molecular flexibility index (Phi) is 4.89. The fourth-order valence-corrected chi connectivity index (χ4v) is 1.90. The first-order valence-electron chi connectivity index (χ1n) is 6.41. The van der Waals surface area contributed by atoms with Gasteiger partial charge in [-0.15, -0.1) is 0 Å². The summed E-state index contributed by atoms with van der Waals surface area (Å²) < 4.78 is 10.6. The molecular formula is C13H16N2O5. The number of hydrogen-bond acceptors (Lipinski definition) is 5. The first kappa shape index (κ1) is 14.3. The predicted molar refractivity (Wildman–Crippen MR) is 70.6 cm³/mol. The minimum Gasteiger partial charge on any atom is -0.484 e. The molecule has 0 spiro atoms. The Morgan fingerprint density at radius 2 is 2.20 bits per heavy atom. The molecule has 1 heterocycles. The molecule has 1 atom stereocenters. The molecule has 0 bridgehead atoms. The Labute approximate surface area is 116 Å². The smallest absolute Gasteiger partial charge is 0.269 e. The van der Waals surface area contributed by atoms with Crippen molar-refractivity contribution in [1.29, 1.82) is 0 Å². The summed E-state index contributed by atoms with van der Waals surface area (Å²) in [4.78, 5) is 21.5. The number of carbonyl (C=O) groups excluding carboxylic acids is 1. The average Bonchev–Trinajstić information content (AvgIpc) is 2.96. The lowest BCUT2D eigenvalue weighted by atomic mass is 10.2. The molecule has 1 fully saturated rings. The monoisotopic (exact) mass is 280 g/mol. The minimum atomic E-state index is -0.488. The Hall–Kier alpha value is -2.15. The summed E-state index contributed by atoms with van der Waals surface area (Å²) >= 11 is 0. The number of amides is 1. The molecule has 2 rings (SSSR count). The highest BCUT2D eigenvalue weighted by molar-refractivity contribution is 5.77. The molecule has 1 aromatic carbocycles. The maximum absolute atomic E-state index is 11.5. The van der Waals surface area contributed by atoms with E-state index in [9.17, 15) is 14.9 Å². The number of hydrogen-bond donors (Lipinski definition) is 1. The Morgan fingerprint density at radius 1 is 1.45 bits per heavy atom. The summed E-state index contributed by atoms with van der Waals surface area (Å²) in [5.74, 6) is 0.182. The van der Waals surface area contributed by atoms with Gasteiger partial charge in [-0.2, -0.15) is 0 Å². The summed E-state index contributed by atoms with van der Waals surface area (Å²) in [6.45, 7) is 1.12. The fraction of sp³-hybridized carbons (Fsp3) is 0.462. The Bertz CT molecular complexity index is 468. The highest BCUT2D eigenvalue weighted by atomic mass is 16.6. The standard InChI is InChI=1S/C13H16N2O5/c16-13(14-8-12-2-1-7-19-12)9-20-11-5-3-10(4-6-11)15(17)18/h3-6,12H,1-2,7-9H2,(H,14,16)/t12-/m1/s1. The zero-order valence-electron chi connectivity index (χ0n) is 10.9. The summed E-state index contributed by atoms with van der Waals surface area (Å²) in [6.07, 6.45) is 2.09. The number of benzene rings is 1. The summed E-state index contributed by atoms with van der Waals surface area (Å²) in [7, 11) is 0. The molecule has 0 radical (unpaired) electrons. The van der Waals surface area contributed by atoms with E-state index >= 15 is 0 Å². The second-order valence-electron chi connectivity index (χ2n) is 4.48. The van der Waals surface area contributed by atoms with Crippen LogP contribution in [0.15, 0.2) is 24.3 Å². The van der Waals surface area contributed by atoms with E-state index in [-0.39, 0.29) is 24.3 Å². The van der Waals surface area contributed by atoms with Crippen molar-refractivity contribution >= 4 is 11.6 Å². The molecule has 7 nitrogen and oxygen atoms in total. The van der Waals surface area contributed by atoms with Crippen molar-refractivity contribution in [3.8, 4) is 5.75 Å². The average molecular weight is 280 g/mol. The molecule has 1 aromatic rings. The Balaban J connectivity index is 1.70. The van der Waals surface area contributed by atoms with Gasteiger partial charge < -0.3 is 14.8 Å². The first-order chi connectivity index (χ1) is 9.65. The van der Waals surface area contributed by atoms with Crippen LogP contribution in [0.5, 0.6) is 5.75 Å². The van der Waals surface area contributed by atoms with Crippen molar-refractivity contribution in [2.45, 2.75) is 18.9 Å². The van der Waals surface area contributed by atoms with Gasteiger partial charge in [-0.1, -0.05) is 0 Å². The lowest BCUT2D eigenvalue weighted by Crippen LogP contribution is -2.35. The summed E-state index contributed by atoms with van der Waals surface area (Å²) in [6, 6.07) is 5.59. The van der Waals surface area contributed by atoms with Crippen LogP contribution in [0.4, 0.5) is 5.69 Å². The number of nitrogens with zero attached hydrogens (tertiary/aromatic N) is 1. The molecule has 0 saturated carbocycles. The predicted octanol–water partition coefficient (Wildman–Crippen LogP) is 1.27. The number of rotatable bonds is 6. The maximum atomic E-state index is 11.5. The third kappa shape index (κ3) is 4.20. The molecule has 108 valence electrons. The van der Waals surface area contributed by atoms with E-state index < -0.39 is 4.92 Å². The molecule has 1 aliphatic rings. The second kappa shape index (κ2) is 6.85. The van der Waals surface area contributed by atoms with Crippen LogP contribution in [0.2, 0.25) is 0 Å². The fourth-order valence-electron chi connectivity index (χ4n) is 1.90. The third-order valence-corrected chi connectivity index (χ3v) is 2.97. The van der Waals surface area contributed by atoms with E-state index in [0.717, 1.165) is 19.4 Å². The van der Waals surface area contributed by atoms with Crippen molar-refractivity contribution in [3.63, 3.8) is 0 Å². The zero-order chi connectivity index (χ0) is 14.4. The molecule has 1 aliphatic heterocycles. The van der Waals surface area contributed by atoms with Gasteiger partial charge in [0.1, 0.15) is 5.75 Å². The van der Waals surface area contributed by atoms with Gasteiger partial charge >= 0.3 is 0 Å².